The van der Waals surface area contributed by atoms with Crippen LogP contribution in [-0.2, 0) is 9.47 Å². The first kappa shape index (κ1) is 14.8. The molecule has 0 radical (unpaired) electrons. The lowest BCUT2D eigenvalue weighted by atomic mass is 9.84. The van der Waals surface area contributed by atoms with E-state index in [1.807, 2.05) is 0 Å². The third kappa shape index (κ3) is 3.73. The van der Waals surface area contributed by atoms with E-state index >= 15 is 0 Å². The molecule has 1 N–H and O–H groups in total. The summed E-state index contributed by atoms with van der Waals surface area (Å²) in [5.41, 5.74) is 0.126. The number of hydrogen-bond donors (Lipinski definition) is 1. The van der Waals surface area contributed by atoms with Gasteiger partial charge in [-0.25, -0.2) is 0 Å². The van der Waals surface area contributed by atoms with Crippen LogP contribution in [0.1, 0.15) is 38.5 Å². The molecule has 3 rings (SSSR count). The molecule has 0 aromatic rings. The van der Waals surface area contributed by atoms with Crippen molar-refractivity contribution >= 4 is 0 Å². The largest absolute Gasteiger partial charge is 0.381 e. The highest BCUT2D eigenvalue weighted by molar-refractivity contribution is 4.92. The zero-order valence-electron chi connectivity index (χ0n) is 12.9. The molecular formula is C16H30N2O2. The van der Waals surface area contributed by atoms with Crippen LogP contribution < -0.4 is 5.32 Å². The Hall–Kier alpha value is -0.160. The summed E-state index contributed by atoms with van der Waals surface area (Å²) in [4.78, 5) is 2.45. The van der Waals surface area contributed by atoms with E-state index < -0.39 is 0 Å². The van der Waals surface area contributed by atoms with Crippen LogP contribution in [0.25, 0.3) is 0 Å². The smallest absolute Gasteiger partial charge is 0.0741 e. The summed E-state index contributed by atoms with van der Waals surface area (Å²) in [6.07, 6.45) is 7.23. The molecule has 3 aliphatic rings. The zero-order chi connectivity index (χ0) is 13.8. The van der Waals surface area contributed by atoms with Crippen molar-refractivity contribution in [2.24, 2.45) is 5.92 Å². The zero-order valence-corrected chi connectivity index (χ0v) is 12.9. The number of ether oxygens (including phenoxy) is 2. The van der Waals surface area contributed by atoms with Gasteiger partial charge >= 0.3 is 0 Å². The van der Waals surface area contributed by atoms with Gasteiger partial charge in [0, 0.05) is 25.9 Å². The van der Waals surface area contributed by atoms with E-state index in [1.165, 1.54) is 45.3 Å². The fourth-order valence-corrected chi connectivity index (χ4v) is 3.89. The highest BCUT2D eigenvalue weighted by Crippen LogP contribution is 2.34. The molecule has 1 atom stereocenters. The lowest BCUT2D eigenvalue weighted by Crippen LogP contribution is -2.50. The maximum Gasteiger partial charge on any atom is 0.0741 e. The first-order valence-electron chi connectivity index (χ1n) is 8.39. The predicted molar refractivity (Wildman–Crippen MR) is 80.0 cm³/mol. The SMILES string of the molecule is CN1CCC(CNC2CCOC3(CCOCC3)C2)CC1. The van der Waals surface area contributed by atoms with E-state index in [9.17, 15) is 0 Å². The standard InChI is InChI=1S/C16H30N2O2/c1-18-7-2-14(3-8-18)13-17-15-4-9-20-16(12-15)5-10-19-11-6-16/h14-15,17H,2-13H2,1H3. The quantitative estimate of drug-likeness (QED) is 0.853. The third-order valence-electron chi connectivity index (χ3n) is 5.43. The summed E-state index contributed by atoms with van der Waals surface area (Å²) in [7, 11) is 2.23. The minimum atomic E-state index is 0.126. The Morgan fingerprint density at radius 3 is 2.60 bits per heavy atom. The predicted octanol–water partition coefficient (Wildman–Crippen LogP) is 1.65. The number of likely N-dealkylation sites (tertiary alicyclic amines) is 1. The maximum absolute atomic E-state index is 6.12. The minimum Gasteiger partial charge on any atom is -0.381 e. The van der Waals surface area contributed by atoms with Gasteiger partial charge in [0.2, 0.25) is 0 Å². The first-order chi connectivity index (χ1) is 9.76. The molecule has 3 heterocycles. The van der Waals surface area contributed by atoms with Crippen molar-refractivity contribution in [2.45, 2.75) is 50.2 Å². The normalized spacial score (nSPS) is 32.5. The fourth-order valence-electron chi connectivity index (χ4n) is 3.89. The fraction of sp³-hybridized carbons (Fsp3) is 1.00. The van der Waals surface area contributed by atoms with Gasteiger partial charge in [0.15, 0.2) is 0 Å². The molecule has 0 saturated carbocycles. The molecular weight excluding hydrogens is 252 g/mol. The Bertz CT molecular complexity index is 291. The van der Waals surface area contributed by atoms with Crippen LogP contribution >= 0.6 is 0 Å². The molecule has 4 heteroatoms. The van der Waals surface area contributed by atoms with Gasteiger partial charge in [-0.1, -0.05) is 0 Å². The Kier molecular flexibility index (Phi) is 4.97. The van der Waals surface area contributed by atoms with Crippen molar-refractivity contribution in [1.29, 1.82) is 0 Å². The molecule has 0 aromatic heterocycles. The second kappa shape index (κ2) is 6.73. The van der Waals surface area contributed by atoms with Crippen molar-refractivity contribution in [3.63, 3.8) is 0 Å². The first-order valence-corrected chi connectivity index (χ1v) is 8.39. The lowest BCUT2D eigenvalue weighted by Gasteiger charge is -2.44. The molecule has 4 nitrogen and oxygen atoms in total. The highest BCUT2D eigenvalue weighted by Gasteiger charge is 2.38. The number of hydrogen-bond acceptors (Lipinski definition) is 4. The van der Waals surface area contributed by atoms with Crippen molar-refractivity contribution in [3.05, 3.63) is 0 Å². The molecule has 0 amide bonds. The Balaban J connectivity index is 1.43. The van der Waals surface area contributed by atoms with Crippen LogP contribution in [0, 0.1) is 5.92 Å². The van der Waals surface area contributed by atoms with Crippen LogP contribution in [0.15, 0.2) is 0 Å². The van der Waals surface area contributed by atoms with Gasteiger partial charge in [-0.3, -0.25) is 0 Å². The Morgan fingerprint density at radius 2 is 1.85 bits per heavy atom. The monoisotopic (exact) mass is 282 g/mol. The van der Waals surface area contributed by atoms with Gasteiger partial charge in [-0.2, -0.15) is 0 Å². The van der Waals surface area contributed by atoms with Crippen LogP contribution in [0.3, 0.4) is 0 Å². The molecule has 1 unspecified atom stereocenters. The van der Waals surface area contributed by atoms with Crippen molar-refractivity contribution < 1.29 is 9.47 Å². The maximum atomic E-state index is 6.12. The van der Waals surface area contributed by atoms with E-state index in [4.69, 9.17) is 9.47 Å². The number of rotatable bonds is 3. The van der Waals surface area contributed by atoms with Gasteiger partial charge in [0.25, 0.3) is 0 Å². The summed E-state index contributed by atoms with van der Waals surface area (Å²) in [6.45, 7) is 6.41. The van der Waals surface area contributed by atoms with E-state index in [2.05, 4.69) is 17.3 Å². The van der Waals surface area contributed by atoms with Gasteiger partial charge in [-0.15, -0.1) is 0 Å². The number of piperidine rings is 1. The second-order valence-electron chi connectivity index (χ2n) is 6.99. The van der Waals surface area contributed by atoms with Crippen LogP contribution in [0.2, 0.25) is 0 Å². The topological polar surface area (TPSA) is 33.7 Å². The molecule has 0 bridgehead atoms. The van der Waals surface area contributed by atoms with Crippen LogP contribution in [0.4, 0.5) is 0 Å². The summed E-state index contributed by atoms with van der Waals surface area (Å²) in [6, 6.07) is 0.654. The van der Waals surface area contributed by atoms with E-state index in [-0.39, 0.29) is 5.60 Å². The summed E-state index contributed by atoms with van der Waals surface area (Å²) in [5, 5.41) is 3.84. The average molecular weight is 282 g/mol. The minimum absolute atomic E-state index is 0.126. The lowest BCUT2D eigenvalue weighted by molar-refractivity contribution is -0.140. The molecule has 116 valence electrons. The van der Waals surface area contributed by atoms with Crippen molar-refractivity contribution in [3.8, 4) is 0 Å². The molecule has 3 fully saturated rings. The molecule has 0 aromatic carbocycles. The van der Waals surface area contributed by atoms with Crippen LogP contribution in [0.5, 0.6) is 0 Å². The van der Waals surface area contributed by atoms with Crippen LogP contribution in [-0.4, -0.2) is 63.0 Å². The van der Waals surface area contributed by atoms with Gasteiger partial charge < -0.3 is 19.7 Å². The Morgan fingerprint density at radius 1 is 1.10 bits per heavy atom. The van der Waals surface area contributed by atoms with Crippen molar-refractivity contribution in [1.82, 2.24) is 10.2 Å². The average Bonchev–Trinajstić information content (AvgIpc) is 2.48. The molecule has 1 spiro atoms. The van der Waals surface area contributed by atoms with Crippen molar-refractivity contribution in [2.75, 3.05) is 46.5 Å². The van der Waals surface area contributed by atoms with E-state index in [1.54, 1.807) is 0 Å². The Labute approximate surface area is 123 Å². The van der Waals surface area contributed by atoms with E-state index in [0.29, 0.717) is 6.04 Å². The van der Waals surface area contributed by atoms with E-state index in [0.717, 1.165) is 38.6 Å². The molecule has 20 heavy (non-hydrogen) atoms. The summed E-state index contributed by atoms with van der Waals surface area (Å²) in [5.74, 6) is 0.875. The van der Waals surface area contributed by atoms with Gasteiger partial charge in [0.05, 0.1) is 5.60 Å². The summed E-state index contributed by atoms with van der Waals surface area (Å²) >= 11 is 0. The molecule has 3 saturated heterocycles. The van der Waals surface area contributed by atoms with Gasteiger partial charge in [-0.05, 0) is 71.1 Å². The number of nitrogens with zero attached hydrogens (tertiary/aromatic N) is 1. The highest BCUT2D eigenvalue weighted by atomic mass is 16.5. The summed E-state index contributed by atoms with van der Waals surface area (Å²) < 4.78 is 11.6. The van der Waals surface area contributed by atoms with Gasteiger partial charge in [0.1, 0.15) is 0 Å². The molecule has 0 aliphatic carbocycles. The second-order valence-corrected chi connectivity index (χ2v) is 6.99. The third-order valence-corrected chi connectivity index (χ3v) is 5.43. The number of nitrogens with one attached hydrogen (secondary N) is 1. The molecule has 3 aliphatic heterocycles.